The number of rotatable bonds is 4. The molecule has 2 aromatic rings. The average Bonchev–Trinajstić information content (AvgIpc) is 2.37. The van der Waals surface area contributed by atoms with Crippen molar-refractivity contribution in [3.63, 3.8) is 0 Å². The lowest BCUT2D eigenvalue weighted by Crippen LogP contribution is -2.09. The number of anilines is 2. The summed E-state index contributed by atoms with van der Waals surface area (Å²) in [6.07, 6.45) is 2.30. The van der Waals surface area contributed by atoms with E-state index in [2.05, 4.69) is 15.3 Å². The zero-order chi connectivity index (χ0) is 13.0. The highest BCUT2D eigenvalue weighted by Crippen LogP contribution is 2.15. The highest BCUT2D eigenvalue weighted by molar-refractivity contribution is 5.53. The predicted molar refractivity (Wildman–Crippen MR) is 71.5 cm³/mol. The van der Waals surface area contributed by atoms with Crippen LogP contribution >= 0.6 is 0 Å². The number of nitrogens with two attached hydrogens (primary N) is 1. The van der Waals surface area contributed by atoms with Crippen LogP contribution in [-0.2, 0) is 6.42 Å². The van der Waals surface area contributed by atoms with Gasteiger partial charge in [-0.25, -0.2) is 9.97 Å². The molecule has 0 aliphatic rings. The molecule has 0 atom stereocenters. The fourth-order valence-corrected chi connectivity index (χ4v) is 1.63. The number of hydrogen-bond acceptors (Lipinski definition) is 5. The molecular formula is C13H16N4O. The second-order valence-electron chi connectivity index (χ2n) is 4.08. The van der Waals surface area contributed by atoms with Gasteiger partial charge in [0, 0.05) is 12.1 Å². The summed E-state index contributed by atoms with van der Waals surface area (Å²) in [5.41, 5.74) is 7.72. The van der Waals surface area contributed by atoms with Crippen molar-refractivity contribution in [2.24, 2.45) is 0 Å². The molecule has 1 heterocycles. The Morgan fingerprint density at radius 3 is 2.67 bits per heavy atom. The molecule has 18 heavy (non-hydrogen) atoms. The Kier molecular flexibility index (Phi) is 3.62. The summed E-state index contributed by atoms with van der Waals surface area (Å²) < 4.78 is 0. The summed E-state index contributed by atoms with van der Waals surface area (Å²) in [7, 11) is 0. The van der Waals surface area contributed by atoms with Crippen LogP contribution in [0.4, 0.5) is 11.6 Å². The van der Waals surface area contributed by atoms with E-state index in [0.717, 1.165) is 29.9 Å². The number of aromatic hydroxyl groups is 1. The van der Waals surface area contributed by atoms with Crippen LogP contribution in [0.15, 0.2) is 30.6 Å². The van der Waals surface area contributed by atoms with E-state index in [1.54, 1.807) is 12.1 Å². The van der Waals surface area contributed by atoms with Crippen molar-refractivity contribution in [3.8, 4) is 5.75 Å². The van der Waals surface area contributed by atoms with Crippen molar-refractivity contribution in [3.05, 3.63) is 41.7 Å². The predicted octanol–water partition coefficient (Wildman–Crippen LogP) is 1.73. The Balaban J connectivity index is 1.92. The minimum atomic E-state index is 0.283. The molecule has 0 aliphatic heterocycles. The van der Waals surface area contributed by atoms with Crippen LogP contribution < -0.4 is 11.1 Å². The number of nitrogens with zero attached hydrogens (tertiary/aromatic N) is 2. The summed E-state index contributed by atoms with van der Waals surface area (Å²) in [4.78, 5) is 8.06. The third-order valence-electron chi connectivity index (χ3n) is 2.77. The molecule has 0 radical (unpaired) electrons. The molecule has 0 amide bonds. The number of phenolic OH excluding ortho intramolecular Hbond substituents is 1. The van der Waals surface area contributed by atoms with Gasteiger partial charge in [0.1, 0.15) is 23.7 Å². The summed E-state index contributed by atoms with van der Waals surface area (Å²) in [6.45, 7) is 2.64. The summed E-state index contributed by atoms with van der Waals surface area (Å²) in [6, 6.07) is 7.17. The molecule has 0 spiro atoms. The molecule has 0 saturated carbocycles. The highest BCUT2D eigenvalue weighted by Gasteiger charge is 2.03. The van der Waals surface area contributed by atoms with Crippen LogP contribution in [0, 0.1) is 6.92 Å². The Bertz CT molecular complexity index is 525. The largest absolute Gasteiger partial charge is 0.508 e. The van der Waals surface area contributed by atoms with E-state index in [-0.39, 0.29) is 5.75 Å². The minimum absolute atomic E-state index is 0.283. The summed E-state index contributed by atoms with van der Waals surface area (Å²) in [5, 5.41) is 12.4. The van der Waals surface area contributed by atoms with Crippen LogP contribution in [0.3, 0.4) is 0 Å². The van der Waals surface area contributed by atoms with Gasteiger partial charge in [-0.3, -0.25) is 0 Å². The van der Waals surface area contributed by atoms with Gasteiger partial charge in [0.25, 0.3) is 0 Å². The van der Waals surface area contributed by atoms with Gasteiger partial charge in [-0.05, 0) is 31.0 Å². The monoisotopic (exact) mass is 244 g/mol. The summed E-state index contributed by atoms with van der Waals surface area (Å²) in [5.74, 6) is 1.55. The molecule has 5 heteroatoms. The molecule has 5 nitrogen and oxygen atoms in total. The molecular weight excluding hydrogens is 228 g/mol. The van der Waals surface area contributed by atoms with Gasteiger partial charge >= 0.3 is 0 Å². The van der Waals surface area contributed by atoms with Gasteiger partial charge in [0.05, 0.1) is 0 Å². The van der Waals surface area contributed by atoms with E-state index < -0.39 is 0 Å². The van der Waals surface area contributed by atoms with E-state index in [0.29, 0.717) is 5.82 Å². The first-order valence-electron chi connectivity index (χ1n) is 5.75. The maximum atomic E-state index is 9.18. The van der Waals surface area contributed by atoms with Gasteiger partial charge < -0.3 is 16.2 Å². The smallest absolute Gasteiger partial charge is 0.134 e. The third kappa shape index (κ3) is 2.88. The van der Waals surface area contributed by atoms with Gasteiger partial charge in [-0.2, -0.15) is 0 Å². The topological polar surface area (TPSA) is 84.1 Å². The number of phenols is 1. The lowest BCUT2D eigenvalue weighted by molar-refractivity contribution is 0.475. The second kappa shape index (κ2) is 5.35. The lowest BCUT2D eigenvalue weighted by atomic mass is 10.1. The number of hydrogen-bond donors (Lipinski definition) is 3. The Hall–Kier alpha value is -2.30. The zero-order valence-corrected chi connectivity index (χ0v) is 10.2. The quantitative estimate of drug-likeness (QED) is 0.762. The maximum Gasteiger partial charge on any atom is 0.134 e. The van der Waals surface area contributed by atoms with Crippen molar-refractivity contribution in [1.82, 2.24) is 9.97 Å². The third-order valence-corrected chi connectivity index (χ3v) is 2.77. The zero-order valence-electron chi connectivity index (χ0n) is 10.2. The highest BCUT2D eigenvalue weighted by atomic mass is 16.3. The number of aromatic nitrogens is 2. The van der Waals surface area contributed by atoms with E-state index in [9.17, 15) is 5.11 Å². The molecule has 0 aliphatic carbocycles. The maximum absolute atomic E-state index is 9.18. The number of benzene rings is 1. The lowest BCUT2D eigenvalue weighted by Gasteiger charge is -2.09. The molecule has 2 rings (SSSR count). The molecule has 0 saturated heterocycles. The van der Waals surface area contributed by atoms with E-state index in [1.807, 2.05) is 19.1 Å². The first-order valence-corrected chi connectivity index (χ1v) is 5.75. The Morgan fingerprint density at radius 2 is 1.94 bits per heavy atom. The first kappa shape index (κ1) is 12.2. The molecule has 1 aromatic heterocycles. The van der Waals surface area contributed by atoms with Crippen LogP contribution in [0.2, 0.25) is 0 Å². The van der Waals surface area contributed by atoms with Gasteiger partial charge in [0.15, 0.2) is 0 Å². The van der Waals surface area contributed by atoms with Crippen molar-refractivity contribution in [2.45, 2.75) is 13.3 Å². The van der Waals surface area contributed by atoms with Gasteiger partial charge in [-0.1, -0.05) is 12.1 Å². The molecule has 0 unspecified atom stereocenters. The standard InChI is InChI=1S/C13H16N4O/c1-9-12(14)16-8-17-13(9)15-7-6-10-2-4-11(18)5-3-10/h2-5,8,18H,6-7H2,1H3,(H3,14,15,16,17). The van der Waals surface area contributed by atoms with Gasteiger partial charge in [0.2, 0.25) is 0 Å². The van der Waals surface area contributed by atoms with E-state index in [4.69, 9.17) is 5.73 Å². The normalized spacial score (nSPS) is 10.3. The van der Waals surface area contributed by atoms with Crippen molar-refractivity contribution < 1.29 is 5.11 Å². The van der Waals surface area contributed by atoms with Crippen LogP contribution in [-0.4, -0.2) is 21.6 Å². The Morgan fingerprint density at radius 1 is 1.22 bits per heavy atom. The fraction of sp³-hybridized carbons (Fsp3) is 0.231. The molecule has 1 aromatic carbocycles. The second-order valence-corrected chi connectivity index (χ2v) is 4.08. The van der Waals surface area contributed by atoms with Gasteiger partial charge in [-0.15, -0.1) is 0 Å². The first-order chi connectivity index (χ1) is 8.66. The number of nitrogen functional groups attached to an aromatic ring is 1. The van der Waals surface area contributed by atoms with Crippen molar-refractivity contribution in [1.29, 1.82) is 0 Å². The molecule has 0 fully saturated rings. The molecule has 0 bridgehead atoms. The fourth-order valence-electron chi connectivity index (χ4n) is 1.63. The van der Waals surface area contributed by atoms with E-state index >= 15 is 0 Å². The summed E-state index contributed by atoms with van der Waals surface area (Å²) >= 11 is 0. The van der Waals surface area contributed by atoms with Crippen LogP contribution in [0.5, 0.6) is 5.75 Å². The van der Waals surface area contributed by atoms with Crippen LogP contribution in [0.1, 0.15) is 11.1 Å². The van der Waals surface area contributed by atoms with Crippen molar-refractivity contribution in [2.75, 3.05) is 17.6 Å². The number of nitrogens with one attached hydrogen (secondary N) is 1. The van der Waals surface area contributed by atoms with Crippen LogP contribution in [0.25, 0.3) is 0 Å². The minimum Gasteiger partial charge on any atom is -0.508 e. The van der Waals surface area contributed by atoms with Crippen molar-refractivity contribution >= 4 is 11.6 Å². The molecule has 4 N–H and O–H groups in total. The van der Waals surface area contributed by atoms with E-state index in [1.165, 1.54) is 6.33 Å². The Labute approximate surface area is 106 Å². The molecule has 94 valence electrons. The SMILES string of the molecule is Cc1c(N)ncnc1NCCc1ccc(O)cc1. The average molecular weight is 244 g/mol.